The van der Waals surface area contributed by atoms with Crippen LogP contribution >= 0.6 is 0 Å². The smallest absolute Gasteiger partial charge is 0.319 e. The maximum absolute atomic E-state index is 13.5. The molecule has 1 unspecified atom stereocenters. The molecular weight excluding hydrogens is 293 g/mol. The highest BCUT2D eigenvalue weighted by molar-refractivity contribution is 5.89. The molecule has 122 valence electrons. The molecule has 2 aromatic rings. The predicted molar refractivity (Wildman–Crippen MR) is 91.0 cm³/mol. The summed E-state index contributed by atoms with van der Waals surface area (Å²) in [5, 5.41) is 5.33. The average Bonchev–Trinajstić information content (AvgIpc) is 2.54. The Labute approximate surface area is 136 Å². The van der Waals surface area contributed by atoms with Gasteiger partial charge in [0.15, 0.2) is 0 Å². The summed E-state index contributed by atoms with van der Waals surface area (Å²) in [6, 6.07) is 16.0. The summed E-state index contributed by atoms with van der Waals surface area (Å²) in [7, 11) is 3.95. The number of hydrogen-bond donors (Lipinski definition) is 2. The second-order valence-electron chi connectivity index (χ2n) is 5.62. The summed E-state index contributed by atoms with van der Waals surface area (Å²) in [6.07, 6.45) is 0.827. The van der Waals surface area contributed by atoms with Crippen LogP contribution in [-0.2, 0) is 6.42 Å². The number of benzene rings is 2. The van der Waals surface area contributed by atoms with Crippen molar-refractivity contribution in [3.8, 4) is 0 Å². The first-order chi connectivity index (χ1) is 11.1. The van der Waals surface area contributed by atoms with Crippen molar-refractivity contribution in [2.75, 3.05) is 26.0 Å². The Morgan fingerprint density at radius 1 is 1.09 bits per heavy atom. The Balaban J connectivity index is 1.88. The van der Waals surface area contributed by atoms with Crippen molar-refractivity contribution in [1.29, 1.82) is 0 Å². The normalized spacial score (nSPS) is 12.0. The van der Waals surface area contributed by atoms with Gasteiger partial charge in [0.1, 0.15) is 5.82 Å². The number of carbonyl (C=O) groups excluding carboxylic acids is 1. The first kappa shape index (κ1) is 17.0. The highest BCUT2D eigenvalue weighted by Crippen LogP contribution is 2.12. The largest absolute Gasteiger partial charge is 0.336 e. The number of nitrogens with one attached hydrogen (secondary N) is 2. The SMILES string of the molecule is CN(C)C(CNC(=O)Nc1ccccc1F)Cc1ccccc1. The van der Waals surface area contributed by atoms with Gasteiger partial charge in [-0.15, -0.1) is 0 Å². The molecule has 4 nitrogen and oxygen atoms in total. The minimum atomic E-state index is -0.448. The second-order valence-corrected chi connectivity index (χ2v) is 5.62. The van der Waals surface area contributed by atoms with Gasteiger partial charge in [-0.25, -0.2) is 9.18 Å². The maximum Gasteiger partial charge on any atom is 0.319 e. The highest BCUT2D eigenvalue weighted by atomic mass is 19.1. The van der Waals surface area contributed by atoms with Gasteiger partial charge in [-0.2, -0.15) is 0 Å². The number of amides is 2. The van der Waals surface area contributed by atoms with Gasteiger partial charge in [-0.05, 0) is 38.2 Å². The summed E-state index contributed by atoms with van der Waals surface area (Å²) in [4.78, 5) is 14.0. The van der Waals surface area contributed by atoms with Gasteiger partial charge in [-0.3, -0.25) is 0 Å². The van der Waals surface area contributed by atoms with E-state index in [4.69, 9.17) is 0 Å². The van der Waals surface area contributed by atoms with Crippen LogP contribution in [0.3, 0.4) is 0 Å². The van der Waals surface area contributed by atoms with Crippen LogP contribution in [0.25, 0.3) is 0 Å². The number of urea groups is 1. The van der Waals surface area contributed by atoms with Crippen LogP contribution in [0.5, 0.6) is 0 Å². The molecule has 0 radical (unpaired) electrons. The molecular formula is C18H22FN3O. The van der Waals surface area contributed by atoms with Crippen molar-refractivity contribution < 1.29 is 9.18 Å². The average molecular weight is 315 g/mol. The van der Waals surface area contributed by atoms with E-state index in [9.17, 15) is 9.18 Å². The lowest BCUT2D eigenvalue weighted by molar-refractivity contribution is 0.242. The topological polar surface area (TPSA) is 44.4 Å². The standard InChI is InChI=1S/C18H22FN3O/c1-22(2)15(12-14-8-4-3-5-9-14)13-20-18(23)21-17-11-7-6-10-16(17)19/h3-11,15H,12-13H2,1-2H3,(H2,20,21,23). The molecule has 5 heteroatoms. The Morgan fingerprint density at radius 3 is 2.39 bits per heavy atom. The van der Waals surface area contributed by atoms with E-state index in [1.165, 1.54) is 17.7 Å². The molecule has 0 bridgehead atoms. The third-order valence-corrected chi connectivity index (χ3v) is 3.66. The lowest BCUT2D eigenvalue weighted by Crippen LogP contribution is -2.43. The van der Waals surface area contributed by atoms with E-state index < -0.39 is 11.8 Å². The maximum atomic E-state index is 13.5. The fourth-order valence-electron chi connectivity index (χ4n) is 2.26. The Bertz CT molecular complexity index is 631. The van der Waals surface area contributed by atoms with E-state index in [-0.39, 0.29) is 11.7 Å². The molecule has 0 saturated heterocycles. The van der Waals surface area contributed by atoms with Crippen LogP contribution in [0.4, 0.5) is 14.9 Å². The zero-order valence-corrected chi connectivity index (χ0v) is 13.4. The van der Waals surface area contributed by atoms with Gasteiger partial charge in [-0.1, -0.05) is 42.5 Å². The summed E-state index contributed by atoms with van der Waals surface area (Å²) in [5.74, 6) is -0.448. The van der Waals surface area contributed by atoms with Gasteiger partial charge < -0.3 is 15.5 Å². The number of anilines is 1. The first-order valence-electron chi connectivity index (χ1n) is 7.56. The molecule has 2 amide bonds. The lowest BCUT2D eigenvalue weighted by atomic mass is 10.1. The molecule has 0 aliphatic rings. The molecule has 0 aliphatic heterocycles. The lowest BCUT2D eigenvalue weighted by Gasteiger charge is -2.25. The number of nitrogens with zero attached hydrogens (tertiary/aromatic N) is 1. The second kappa shape index (κ2) is 8.29. The fraction of sp³-hybridized carbons (Fsp3) is 0.278. The summed E-state index contributed by atoms with van der Waals surface area (Å²) < 4.78 is 13.5. The number of rotatable bonds is 6. The molecule has 0 aromatic heterocycles. The zero-order valence-electron chi connectivity index (χ0n) is 13.4. The third-order valence-electron chi connectivity index (χ3n) is 3.66. The number of likely N-dealkylation sites (N-methyl/N-ethyl adjacent to an activating group) is 1. The van der Waals surface area contributed by atoms with E-state index in [0.29, 0.717) is 6.54 Å². The van der Waals surface area contributed by atoms with Crippen molar-refractivity contribution in [3.63, 3.8) is 0 Å². The monoisotopic (exact) mass is 315 g/mol. The van der Waals surface area contributed by atoms with Crippen molar-refractivity contribution in [2.24, 2.45) is 0 Å². The molecule has 2 rings (SSSR count). The third kappa shape index (κ3) is 5.38. The van der Waals surface area contributed by atoms with Gasteiger partial charge >= 0.3 is 6.03 Å². The van der Waals surface area contributed by atoms with Crippen LogP contribution in [0.1, 0.15) is 5.56 Å². The summed E-state index contributed by atoms with van der Waals surface area (Å²) >= 11 is 0. The number of hydrogen-bond acceptors (Lipinski definition) is 2. The molecule has 23 heavy (non-hydrogen) atoms. The highest BCUT2D eigenvalue weighted by Gasteiger charge is 2.14. The van der Waals surface area contributed by atoms with Crippen LogP contribution in [0, 0.1) is 5.82 Å². The number of para-hydroxylation sites is 1. The summed E-state index contributed by atoms with van der Waals surface area (Å²) in [6.45, 7) is 0.474. The van der Waals surface area contributed by atoms with Crippen LogP contribution in [-0.4, -0.2) is 37.6 Å². The van der Waals surface area contributed by atoms with Gasteiger partial charge in [0.2, 0.25) is 0 Å². The fourth-order valence-corrected chi connectivity index (χ4v) is 2.26. The molecule has 0 saturated carbocycles. The Kier molecular flexibility index (Phi) is 6.11. The minimum Gasteiger partial charge on any atom is -0.336 e. The Hall–Kier alpha value is -2.40. The van der Waals surface area contributed by atoms with Gasteiger partial charge in [0, 0.05) is 12.6 Å². The van der Waals surface area contributed by atoms with Crippen molar-refractivity contribution >= 4 is 11.7 Å². The van der Waals surface area contributed by atoms with Crippen LogP contribution in [0.15, 0.2) is 54.6 Å². The van der Waals surface area contributed by atoms with E-state index in [1.54, 1.807) is 12.1 Å². The molecule has 2 N–H and O–H groups in total. The van der Waals surface area contributed by atoms with E-state index in [2.05, 4.69) is 27.7 Å². The molecule has 2 aromatic carbocycles. The van der Waals surface area contributed by atoms with E-state index >= 15 is 0 Å². The summed E-state index contributed by atoms with van der Waals surface area (Å²) in [5.41, 5.74) is 1.39. The first-order valence-corrected chi connectivity index (χ1v) is 7.56. The Morgan fingerprint density at radius 2 is 1.74 bits per heavy atom. The molecule has 1 atom stereocenters. The van der Waals surface area contributed by atoms with Gasteiger partial charge in [0.05, 0.1) is 5.69 Å². The predicted octanol–water partition coefficient (Wildman–Crippen LogP) is 3.12. The molecule has 0 spiro atoms. The minimum absolute atomic E-state index is 0.156. The molecule has 0 fully saturated rings. The van der Waals surface area contributed by atoms with Crippen molar-refractivity contribution in [3.05, 3.63) is 66.0 Å². The molecule has 0 aliphatic carbocycles. The van der Waals surface area contributed by atoms with Crippen molar-refractivity contribution in [1.82, 2.24) is 10.2 Å². The van der Waals surface area contributed by atoms with Gasteiger partial charge in [0.25, 0.3) is 0 Å². The van der Waals surface area contributed by atoms with Crippen LogP contribution in [0.2, 0.25) is 0 Å². The number of carbonyl (C=O) groups is 1. The molecule has 0 heterocycles. The van der Waals surface area contributed by atoms with Crippen molar-refractivity contribution in [2.45, 2.75) is 12.5 Å². The van der Waals surface area contributed by atoms with Crippen LogP contribution < -0.4 is 10.6 Å². The quantitative estimate of drug-likeness (QED) is 0.860. The van der Waals surface area contributed by atoms with E-state index in [1.807, 2.05) is 32.3 Å². The van der Waals surface area contributed by atoms with E-state index in [0.717, 1.165) is 6.42 Å². The number of halogens is 1. The zero-order chi connectivity index (χ0) is 16.7.